The molecule has 0 saturated carbocycles. The van der Waals surface area contributed by atoms with Gasteiger partial charge in [0.2, 0.25) is 10.0 Å². The van der Waals surface area contributed by atoms with Crippen LogP contribution in [0.5, 0.6) is 0 Å². The molecule has 0 bridgehead atoms. The van der Waals surface area contributed by atoms with Crippen LogP contribution in [0.3, 0.4) is 0 Å². The van der Waals surface area contributed by atoms with Crippen LogP contribution in [-0.2, 0) is 10.0 Å². The Morgan fingerprint density at radius 2 is 1.85 bits per heavy atom. The summed E-state index contributed by atoms with van der Waals surface area (Å²) in [6, 6.07) is 8.75. The Bertz CT molecular complexity index is 585. The normalized spacial score (nSPS) is 20.0. The van der Waals surface area contributed by atoms with Crippen LogP contribution in [-0.4, -0.2) is 20.7 Å². The smallest absolute Gasteiger partial charge is 0.208 e. The summed E-state index contributed by atoms with van der Waals surface area (Å²) in [6.45, 7) is 4.38. The van der Waals surface area contributed by atoms with E-state index in [0.717, 1.165) is 19.3 Å². The molecule has 1 aromatic carbocycles. The predicted molar refractivity (Wildman–Crippen MR) is 84.1 cm³/mol. The quantitative estimate of drug-likeness (QED) is 0.926. The standard InChI is InChI=1S/C16H23NO2S/c1-12(2)13-4-6-14(7-5-13)15-8-10-16(11-9-15)17-20(3,18)19/h4-8,12,16-17H,9-11H2,1-3H3. The molecule has 110 valence electrons. The van der Waals surface area contributed by atoms with Crippen molar-refractivity contribution in [3.8, 4) is 0 Å². The third-order valence-electron chi connectivity index (χ3n) is 3.74. The second kappa shape index (κ2) is 6.10. The topological polar surface area (TPSA) is 46.2 Å². The van der Waals surface area contributed by atoms with Gasteiger partial charge in [0.05, 0.1) is 6.26 Å². The van der Waals surface area contributed by atoms with E-state index in [-0.39, 0.29) is 6.04 Å². The lowest BCUT2D eigenvalue weighted by Crippen LogP contribution is -2.34. The largest absolute Gasteiger partial charge is 0.213 e. The SMILES string of the molecule is CC(C)c1ccc(C2=CCC(NS(C)(=O)=O)CC2)cc1. The Balaban J connectivity index is 2.04. The minimum Gasteiger partial charge on any atom is -0.213 e. The summed E-state index contributed by atoms with van der Waals surface area (Å²) in [5, 5.41) is 0. The van der Waals surface area contributed by atoms with Crippen LogP contribution >= 0.6 is 0 Å². The van der Waals surface area contributed by atoms with E-state index in [2.05, 4.69) is 48.9 Å². The first kappa shape index (κ1) is 15.3. The summed E-state index contributed by atoms with van der Waals surface area (Å²) in [4.78, 5) is 0. The average Bonchev–Trinajstić information content (AvgIpc) is 2.38. The van der Waals surface area contributed by atoms with Crippen molar-refractivity contribution in [3.05, 3.63) is 41.5 Å². The molecule has 0 aromatic heterocycles. The molecule has 2 rings (SSSR count). The summed E-state index contributed by atoms with van der Waals surface area (Å²) in [7, 11) is -3.10. The first-order chi connectivity index (χ1) is 9.35. The minimum absolute atomic E-state index is 0.0451. The van der Waals surface area contributed by atoms with Gasteiger partial charge in [0, 0.05) is 6.04 Å². The Labute approximate surface area is 122 Å². The van der Waals surface area contributed by atoms with Gasteiger partial charge < -0.3 is 0 Å². The van der Waals surface area contributed by atoms with Gasteiger partial charge in [0.25, 0.3) is 0 Å². The molecule has 1 atom stereocenters. The number of sulfonamides is 1. The molecule has 4 heteroatoms. The second-order valence-corrected chi connectivity index (χ2v) is 7.65. The van der Waals surface area contributed by atoms with Gasteiger partial charge in [-0.1, -0.05) is 44.2 Å². The lowest BCUT2D eigenvalue weighted by molar-refractivity contribution is 0.530. The molecule has 0 spiro atoms. The molecule has 0 aliphatic heterocycles. The summed E-state index contributed by atoms with van der Waals surface area (Å²) >= 11 is 0. The van der Waals surface area contributed by atoms with Crippen molar-refractivity contribution >= 4 is 15.6 Å². The van der Waals surface area contributed by atoms with Crippen molar-refractivity contribution in [1.82, 2.24) is 4.72 Å². The summed E-state index contributed by atoms with van der Waals surface area (Å²) in [6.07, 6.45) is 5.95. The van der Waals surface area contributed by atoms with Crippen molar-refractivity contribution in [3.63, 3.8) is 0 Å². The van der Waals surface area contributed by atoms with E-state index in [9.17, 15) is 8.42 Å². The maximum absolute atomic E-state index is 11.2. The van der Waals surface area contributed by atoms with Gasteiger partial charge in [-0.05, 0) is 41.9 Å². The molecule has 1 N–H and O–H groups in total. The molecular weight excluding hydrogens is 270 g/mol. The van der Waals surface area contributed by atoms with E-state index < -0.39 is 10.0 Å². The number of nitrogens with one attached hydrogen (secondary N) is 1. The van der Waals surface area contributed by atoms with Gasteiger partial charge in [-0.3, -0.25) is 0 Å². The second-order valence-electron chi connectivity index (χ2n) is 5.87. The molecule has 0 saturated heterocycles. The first-order valence-electron chi connectivity index (χ1n) is 7.12. The molecule has 1 aliphatic rings. The molecule has 3 nitrogen and oxygen atoms in total. The summed E-state index contributed by atoms with van der Waals surface area (Å²) in [5.41, 5.74) is 3.93. The first-order valence-corrected chi connectivity index (χ1v) is 9.01. The molecule has 0 fully saturated rings. The van der Waals surface area contributed by atoms with Crippen LogP contribution in [0.25, 0.3) is 5.57 Å². The van der Waals surface area contributed by atoms with Crippen LogP contribution in [0.4, 0.5) is 0 Å². The fraction of sp³-hybridized carbons (Fsp3) is 0.500. The van der Waals surface area contributed by atoms with Crippen molar-refractivity contribution in [2.75, 3.05) is 6.26 Å². The lowest BCUT2D eigenvalue weighted by Gasteiger charge is -2.22. The molecule has 0 heterocycles. The number of hydrogen-bond acceptors (Lipinski definition) is 2. The zero-order valence-electron chi connectivity index (χ0n) is 12.4. The van der Waals surface area contributed by atoms with Crippen LogP contribution in [0.15, 0.2) is 30.3 Å². The number of allylic oxidation sites excluding steroid dienone is 1. The molecule has 0 radical (unpaired) electrons. The van der Waals surface area contributed by atoms with Crippen molar-refractivity contribution in [2.45, 2.75) is 45.1 Å². The monoisotopic (exact) mass is 293 g/mol. The van der Waals surface area contributed by atoms with Gasteiger partial charge in [0.15, 0.2) is 0 Å². The Kier molecular flexibility index (Phi) is 4.66. The fourth-order valence-corrected chi connectivity index (χ4v) is 3.41. The van der Waals surface area contributed by atoms with E-state index in [1.54, 1.807) is 0 Å². The maximum atomic E-state index is 11.2. The van der Waals surface area contributed by atoms with Crippen LogP contribution in [0.1, 0.15) is 50.2 Å². The van der Waals surface area contributed by atoms with Crippen molar-refractivity contribution < 1.29 is 8.42 Å². The van der Waals surface area contributed by atoms with E-state index in [1.807, 2.05) is 0 Å². The zero-order valence-corrected chi connectivity index (χ0v) is 13.2. The Morgan fingerprint density at radius 1 is 1.20 bits per heavy atom. The molecule has 0 amide bonds. The number of hydrogen-bond donors (Lipinski definition) is 1. The molecule has 1 aromatic rings. The highest BCUT2D eigenvalue weighted by molar-refractivity contribution is 7.88. The Hall–Kier alpha value is -1.13. The minimum atomic E-state index is -3.10. The third-order valence-corrected chi connectivity index (χ3v) is 4.50. The third kappa shape index (κ3) is 4.18. The summed E-state index contributed by atoms with van der Waals surface area (Å²) in [5.74, 6) is 0.549. The van der Waals surface area contributed by atoms with E-state index in [1.165, 1.54) is 23.0 Å². The zero-order chi connectivity index (χ0) is 14.8. The highest BCUT2D eigenvalue weighted by Crippen LogP contribution is 2.28. The van der Waals surface area contributed by atoms with Gasteiger partial charge in [-0.25, -0.2) is 13.1 Å². The van der Waals surface area contributed by atoms with Gasteiger partial charge >= 0.3 is 0 Å². The van der Waals surface area contributed by atoms with E-state index >= 15 is 0 Å². The number of benzene rings is 1. The predicted octanol–water partition coefficient (Wildman–Crippen LogP) is 3.30. The molecule has 1 aliphatic carbocycles. The summed E-state index contributed by atoms with van der Waals surface area (Å²) < 4.78 is 25.1. The highest BCUT2D eigenvalue weighted by Gasteiger charge is 2.18. The van der Waals surface area contributed by atoms with Crippen LogP contribution in [0.2, 0.25) is 0 Å². The molecular formula is C16H23NO2S. The molecule has 1 unspecified atom stereocenters. The lowest BCUT2D eigenvalue weighted by atomic mass is 9.90. The molecule has 20 heavy (non-hydrogen) atoms. The van der Waals surface area contributed by atoms with E-state index in [4.69, 9.17) is 0 Å². The van der Waals surface area contributed by atoms with E-state index in [0.29, 0.717) is 5.92 Å². The van der Waals surface area contributed by atoms with Gasteiger partial charge in [-0.15, -0.1) is 0 Å². The fourth-order valence-electron chi connectivity index (χ4n) is 2.59. The van der Waals surface area contributed by atoms with Crippen LogP contribution < -0.4 is 4.72 Å². The van der Waals surface area contributed by atoms with Gasteiger partial charge in [-0.2, -0.15) is 0 Å². The van der Waals surface area contributed by atoms with Crippen LogP contribution in [0, 0.1) is 0 Å². The average molecular weight is 293 g/mol. The number of rotatable bonds is 4. The Morgan fingerprint density at radius 3 is 2.30 bits per heavy atom. The highest BCUT2D eigenvalue weighted by atomic mass is 32.2. The van der Waals surface area contributed by atoms with Crippen molar-refractivity contribution in [2.24, 2.45) is 0 Å². The van der Waals surface area contributed by atoms with Crippen molar-refractivity contribution in [1.29, 1.82) is 0 Å². The van der Waals surface area contributed by atoms with Gasteiger partial charge in [0.1, 0.15) is 0 Å². The maximum Gasteiger partial charge on any atom is 0.208 e.